The number of fused-ring (bicyclic) bond motifs is 1. The Labute approximate surface area is 273 Å². The standard InChI is InChI=1S/C36H49N5O5/c1-22-28(25-10-11-26-20-40(15-12-24(26)18-25)21-27-19-37-34(45-9)39-32(27)44-8)30(41-16-13-36(6,7)14-17-41)29(23(2)38-22)31(33(42)43)46-35(3,4)5/h10-11,18-19,31H,12-17,20-21H2,1-9H3,(H,42,43)/t31-/m0/s1. The molecular weight excluding hydrogens is 582 g/mol. The molecule has 4 heterocycles. The Hall–Kier alpha value is -3.76. The quantitative estimate of drug-likeness (QED) is 0.289. The summed E-state index contributed by atoms with van der Waals surface area (Å²) in [5.74, 6) is -0.479. The van der Waals surface area contributed by atoms with E-state index in [2.05, 4.69) is 51.8 Å². The van der Waals surface area contributed by atoms with E-state index < -0.39 is 17.7 Å². The van der Waals surface area contributed by atoms with Gasteiger partial charge in [0.25, 0.3) is 0 Å². The number of hydrogen-bond acceptors (Lipinski definition) is 9. The number of benzene rings is 1. The zero-order chi connectivity index (χ0) is 33.4. The van der Waals surface area contributed by atoms with Gasteiger partial charge in [-0.15, -0.1) is 0 Å². The first-order valence-corrected chi connectivity index (χ1v) is 16.1. The van der Waals surface area contributed by atoms with Crippen LogP contribution < -0.4 is 14.4 Å². The van der Waals surface area contributed by atoms with E-state index in [1.807, 2.05) is 34.6 Å². The summed E-state index contributed by atoms with van der Waals surface area (Å²) in [4.78, 5) is 31.2. The van der Waals surface area contributed by atoms with Crippen molar-refractivity contribution < 1.29 is 24.1 Å². The summed E-state index contributed by atoms with van der Waals surface area (Å²) >= 11 is 0. The largest absolute Gasteiger partial charge is 0.481 e. The number of ether oxygens (including phenoxy) is 3. The van der Waals surface area contributed by atoms with Gasteiger partial charge in [0, 0.05) is 67.0 Å². The molecule has 0 bridgehead atoms. The van der Waals surface area contributed by atoms with Gasteiger partial charge >= 0.3 is 12.0 Å². The van der Waals surface area contributed by atoms with Crippen molar-refractivity contribution in [2.75, 3.05) is 38.8 Å². The Kier molecular flexibility index (Phi) is 9.61. The lowest BCUT2D eigenvalue weighted by atomic mass is 9.81. The maximum absolute atomic E-state index is 12.8. The maximum atomic E-state index is 12.8. The highest BCUT2D eigenvalue weighted by Gasteiger charge is 2.36. The van der Waals surface area contributed by atoms with Crippen molar-refractivity contribution in [2.24, 2.45) is 5.41 Å². The van der Waals surface area contributed by atoms with Gasteiger partial charge in [0.05, 0.1) is 25.5 Å². The van der Waals surface area contributed by atoms with Crippen LogP contribution in [-0.2, 0) is 29.0 Å². The SMILES string of the molecule is COc1ncc(CN2CCc3cc(-c4c(C)nc(C)c([C@H](OC(C)(C)C)C(=O)O)c4N4CCC(C)(C)CC4)ccc3C2)c(OC)n1. The van der Waals surface area contributed by atoms with Crippen LogP contribution in [0.25, 0.3) is 11.1 Å². The number of nitrogens with zero attached hydrogens (tertiary/aromatic N) is 5. The number of methoxy groups -OCH3 is 2. The maximum Gasteiger partial charge on any atom is 0.337 e. The van der Waals surface area contributed by atoms with E-state index in [9.17, 15) is 9.90 Å². The van der Waals surface area contributed by atoms with E-state index in [4.69, 9.17) is 19.2 Å². The smallest absolute Gasteiger partial charge is 0.337 e. The molecule has 1 aromatic carbocycles. The van der Waals surface area contributed by atoms with E-state index in [0.29, 0.717) is 23.7 Å². The van der Waals surface area contributed by atoms with Crippen molar-refractivity contribution in [3.8, 4) is 23.0 Å². The van der Waals surface area contributed by atoms with Crippen LogP contribution in [0.2, 0.25) is 0 Å². The summed E-state index contributed by atoms with van der Waals surface area (Å²) < 4.78 is 16.9. The molecule has 0 saturated carbocycles. The molecule has 0 radical (unpaired) electrons. The van der Waals surface area contributed by atoms with Gasteiger partial charge in [-0.1, -0.05) is 32.0 Å². The minimum absolute atomic E-state index is 0.238. The summed E-state index contributed by atoms with van der Waals surface area (Å²) in [6.45, 7) is 18.3. The normalized spacial score (nSPS) is 17.4. The summed E-state index contributed by atoms with van der Waals surface area (Å²) in [5.41, 5.74) is 8.30. The van der Waals surface area contributed by atoms with E-state index in [-0.39, 0.29) is 11.4 Å². The number of rotatable bonds is 9. The number of carbonyl (C=O) groups is 1. The van der Waals surface area contributed by atoms with E-state index in [0.717, 1.165) is 73.5 Å². The number of hydrogen-bond donors (Lipinski definition) is 1. The number of aryl methyl sites for hydroxylation is 2. The Morgan fingerprint density at radius 2 is 1.74 bits per heavy atom. The number of carboxylic acids is 1. The van der Waals surface area contributed by atoms with Crippen LogP contribution in [0, 0.1) is 19.3 Å². The number of anilines is 1. The monoisotopic (exact) mass is 631 g/mol. The summed E-state index contributed by atoms with van der Waals surface area (Å²) in [6.07, 6.45) is 3.56. The molecule has 10 heteroatoms. The molecule has 1 fully saturated rings. The van der Waals surface area contributed by atoms with Crippen LogP contribution in [0.15, 0.2) is 24.4 Å². The minimum Gasteiger partial charge on any atom is -0.481 e. The molecule has 3 aromatic rings. The molecule has 46 heavy (non-hydrogen) atoms. The molecule has 0 amide bonds. The van der Waals surface area contributed by atoms with Gasteiger partial charge in [-0.2, -0.15) is 4.98 Å². The molecule has 2 aliphatic heterocycles. The number of aliphatic carboxylic acids is 1. The van der Waals surface area contributed by atoms with Crippen molar-refractivity contribution in [3.63, 3.8) is 0 Å². The highest BCUT2D eigenvalue weighted by molar-refractivity contribution is 5.88. The lowest BCUT2D eigenvalue weighted by Gasteiger charge is -2.41. The zero-order valence-corrected chi connectivity index (χ0v) is 28.9. The van der Waals surface area contributed by atoms with Crippen LogP contribution in [0.1, 0.15) is 87.2 Å². The van der Waals surface area contributed by atoms with Gasteiger partial charge in [0.15, 0.2) is 6.10 Å². The molecule has 10 nitrogen and oxygen atoms in total. The van der Waals surface area contributed by atoms with Gasteiger partial charge < -0.3 is 24.2 Å². The number of pyridine rings is 1. The van der Waals surface area contributed by atoms with E-state index in [1.54, 1.807) is 20.4 Å². The predicted molar refractivity (Wildman–Crippen MR) is 179 cm³/mol. The fourth-order valence-corrected chi connectivity index (χ4v) is 6.66. The minimum atomic E-state index is -1.14. The first kappa shape index (κ1) is 33.6. The Morgan fingerprint density at radius 1 is 1.02 bits per heavy atom. The van der Waals surface area contributed by atoms with Crippen LogP contribution in [0.5, 0.6) is 11.9 Å². The fourth-order valence-electron chi connectivity index (χ4n) is 6.66. The Bertz CT molecular complexity index is 1590. The third kappa shape index (κ3) is 7.28. The van der Waals surface area contributed by atoms with Gasteiger partial charge in [0.2, 0.25) is 5.88 Å². The molecule has 1 saturated heterocycles. The lowest BCUT2D eigenvalue weighted by Crippen LogP contribution is -2.39. The van der Waals surface area contributed by atoms with Gasteiger partial charge in [-0.05, 0) is 76.0 Å². The molecule has 1 N–H and O–H groups in total. The second-order valence-electron chi connectivity index (χ2n) is 14.4. The van der Waals surface area contributed by atoms with Gasteiger partial charge in [0.1, 0.15) is 0 Å². The molecule has 5 rings (SSSR count). The summed E-state index contributed by atoms with van der Waals surface area (Å²) in [5, 5.41) is 10.5. The molecular formula is C36H49N5O5. The van der Waals surface area contributed by atoms with Crippen molar-refractivity contribution in [2.45, 2.75) is 92.5 Å². The molecule has 0 aliphatic carbocycles. The lowest BCUT2D eigenvalue weighted by molar-refractivity contribution is -0.160. The second kappa shape index (κ2) is 13.2. The van der Waals surface area contributed by atoms with Gasteiger partial charge in [-0.3, -0.25) is 9.88 Å². The van der Waals surface area contributed by atoms with Crippen molar-refractivity contribution in [1.29, 1.82) is 0 Å². The topological polar surface area (TPSA) is 110 Å². The highest BCUT2D eigenvalue weighted by atomic mass is 16.5. The molecule has 0 spiro atoms. The van der Waals surface area contributed by atoms with Crippen molar-refractivity contribution in [1.82, 2.24) is 19.9 Å². The Morgan fingerprint density at radius 3 is 2.37 bits per heavy atom. The molecule has 0 unspecified atom stereocenters. The average molecular weight is 632 g/mol. The highest BCUT2D eigenvalue weighted by Crippen LogP contribution is 2.45. The van der Waals surface area contributed by atoms with Crippen LogP contribution in [-0.4, -0.2) is 70.4 Å². The van der Waals surface area contributed by atoms with Crippen LogP contribution in [0.4, 0.5) is 5.69 Å². The summed E-state index contributed by atoms with van der Waals surface area (Å²) in [7, 11) is 3.15. The third-order valence-corrected chi connectivity index (χ3v) is 9.13. The first-order valence-electron chi connectivity index (χ1n) is 16.1. The van der Waals surface area contributed by atoms with E-state index in [1.165, 1.54) is 11.1 Å². The summed E-state index contributed by atoms with van der Waals surface area (Å²) in [6, 6.07) is 6.94. The Balaban J connectivity index is 1.54. The number of carboxylic acid groups (broad SMARTS) is 1. The predicted octanol–water partition coefficient (Wildman–Crippen LogP) is 6.30. The molecule has 2 aliphatic rings. The molecule has 2 aromatic heterocycles. The fraction of sp³-hybridized carbons (Fsp3) is 0.556. The van der Waals surface area contributed by atoms with Crippen molar-refractivity contribution in [3.05, 3.63) is 58.0 Å². The van der Waals surface area contributed by atoms with Gasteiger partial charge in [-0.25, -0.2) is 9.78 Å². The molecule has 248 valence electrons. The van der Waals surface area contributed by atoms with E-state index >= 15 is 0 Å². The van der Waals surface area contributed by atoms with Crippen molar-refractivity contribution >= 4 is 11.7 Å². The molecule has 1 atom stereocenters. The first-order chi connectivity index (χ1) is 21.7. The zero-order valence-electron chi connectivity index (χ0n) is 28.9. The average Bonchev–Trinajstić information content (AvgIpc) is 2.99. The van der Waals surface area contributed by atoms with Crippen LogP contribution >= 0.6 is 0 Å². The number of piperidine rings is 1. The third-order valence-electron chi connectivity index (χ3n) is 9.13. The van der Waals surface area contributed by atoms with Crippen LogP contribution in [0.3, 0.4) is 0 Å². The number of aromatic nitrogens is 3. The second-order valence-corrected chi connectivity index (χ2v) is 14.4.